The molecule has 1 aliphatic heterocycles. The molecule has 1 fully saturated rings. The van der Waals surface area contributed by atoms with E-state index in [9.17, 15) is 4.79 Å². The molecule has 1 saturated carbocycles. The summed E-state index contributed by atoms with van der Waals surface area (Å²) in [5.41, 5.74) is 4.73. The molecule has 5 nitrogen and oxygen atoms in total. The van der Waals surface area contributed by atoms with Crippen molar-refractivity contribution in [2.75, 3.05) is 0 Å². The summed E-state index contributed by atoms with van der Waals surface area (Å²) in [6, 6.07) is 10.0. The fraction of sp³-hybridized carbons (Fsp3) is 0.400. The van der Waals surface area contributed by atoms with E-state index in [-0.39, 0.29) is 11.7 Å². The van der Waals surface area contributed by atoms with Gasteiger partial charge < -0.3 is 9.84 Å². The Kier molecular flexibility index (Phi) is 3.36. The van der Waals surface area contributed by atoms with Gasteiger partial charge in [0, 0.05) is 0 Å². The van der Waals surface area contributed by atoms with Gasteiger partial charge >= 0.3 is 6.16 Å². The Morgan fingerprint density at radius 2 is 2.00 bits per heavy atom. The van der Waals surface area contributed by atoms with Gasteiger partial charge in [0.15, 0.2) is 0 Å². The van der Waals surface area contributed by atoms with E-state index in [1.807, 2.05) is 30.3 Å². The lowest BCUT2D eigenvalue weighted by Gasteiger charge is -2.33. The standard InChI is InChI=1S/C15H17NO4/c17-14(18)19-12-6-8-15(9-7-12)10-13(16-20-15)11-4-2-1-3-5-11/h1-5,10,12,16H,6-9H2,(H,17,18). The quantitative estimate of drug-likeness (QED) is 0.812. The molecule has 1 heterocycles. The number of hydrogen-bond donors (Lipinski definition) is 2. The Labute approximate surface area is 117 Å². The molecule has 20 heavy (non-hydrogen) atoms. The van der Waals surface area contributed by atoms with Crippen LogP contribution in [-0.4, -0.2) is 23.0 Å². The smallest absolute Gasteiger partial charge is 0.450 e. The van der Waals surface area contributed by atoms with Crippen molar-refractivity contribution in [3.05, 3.63) is 42.0 Å². The Morgan fingerprint density at radius 3 is 2.65 bits per heavy atom. The van der Waals surface area contributed by atoms with Gasteiger partial charge in [-0.15, -0.1) is 0 Å². The molecule has 0 amide bonds. The zero-order valence-electron chi connectivity index (χ0n) is 11.0. The Hall–Kier alpha value is -2.01. The van der Waals surface area contributed by atoms with E-state index >= 15 is 0 Å². The maximum Gasteiger partial charge on any atom is 0.506 e. The molecule has 0 unspecified atom stereocenters. The Morgan fingerprint density at radius 1 is 1.30 bits per heavy atom. The second-order valence-corrected chi connectivity index (χ2v) is 5.28. The van der Waals surface area contributed by atoms with Crippen molar-refractivity contribution in [2.24, 2.45) is 0 Å². The second-order valence-electron chi connectivity index (χ2n) is 5.28. The molecule has 1 aliphatic carbocycles. The first-order chi connectivity index (χ1) is 9.67. The SMILES string of the molecule is O=C(O)OC1CCC2(C=C(c3ccccc3)NO2)CC1. The lowest BCUT2D eigenvalue weighted by Crippen LogP contribution is -2.37. The fourth-order valence-electron chi connectivity index (χ4n) is 2.83. The van der Waals surface area contributed by atoms with Crippen molar-refractivity contribution in [1.29, 1.82) is 0 Å². The van der Waals surface area contributed by atoms with E-state index < -0.39 is 6.16 Å². The van der Waals surface area contributed by atoms with Gasteiger partial charge in [0.25, 0.3) is 0 Å². The van der Waals surface area contributed by atoms with Gasteiger partial charge in [0.2, 0.25) is 0 Å². The molecule has 106 valence electrons. The molecule has 0 aromatic heterocycles. The predicted molar refractivity (Wildman–Crippen MR) is 72.7 cm³/mol. The van der Waals surface area contributed by atoms with E-state index in [2.05, 4.69) is 11.6 Å². The first-order valence-electron chi connectivity index (χ1n) is 6.79. The van der Waals surface area contributed by atoms with E-state index in [1.54, 1.807) is 0 Å². The molecule has 2 aliphatic rings. The molecule has 3 rings (SSSR count). The van der Waals surface area contributed by atoms with Gasteiger partial charge in [0.05, 0.1) is 5.70 Å². The van der Waals surface area contributed by atoms with Crippen LogP contribution in [0, 0.1) is 0 Å². The molecule has 5 heteroatoms. The van der Waals surface area contributed by atoms with Crippen molar-refractivity contribution in [1.82, 2.24) is 5.48 Å². The highest BCUT2D eigenvalue weighted by Crippen LogP contribution is 2.38. The molecule has 0 radical (unpaired) electrons. The van der Waals surface area contributed by atoms with Crippen molar-refractivity contribution < 1.29 is 19.5 Å². The van der Waals surface area contributed by atoms with Crippen LogP contribution in [0.25, 0.3) is 5.70 Å². The average Bonchev–Trinajstić information content (AvgIpc) is 2.87. The van der Waals surface area contributed by atoms with Crippen LogP contribution >= 0.6 is 0 Å². The number of carbonyl (C=O) groups is 1. The first kappa shape index (κ1) is 13.0. The number of ether oxygens (including phenoxy) is 1. The highest BCUT2D eigenvalue weighted by Gasteiger charge is 2.40. The summed E-state index contributed by atoms with van der Waals surface area (Å²) in [7, 11) is 0. The van der Waals surface area contributed by atoms with E-state index in [4.69, 9.17) is 14.7 Å². The predicted octanol–water partition coefficient (Wildman–Crippen LogP) is 2.94. The minimum Gasteiger partial charge on any atom is -0.450 e. The maximum absolute atomic E-state index is 10.5. The normalized spacial score (nSPS) is 28.8. The van der Waals surface area contributed by atoms with Crippen LogP contribution in [0.3, 0.4) is 0 Å². The molecule has 0 atom stereocenters. The largest absolute Gasteiger partial charge is 0.506 e. The van der Waals surface area contributed by atoms with Crippen LogP contribution in [0.15, 0.2) is 36.4 Å². The molecule has 1 spiro atoms. The van der Waals surface area contributed by atoms with Gasteiger partial charge in [0.1, 0.15) is 11.7 Å². The average molecular weight is 275 g/mol. The lowest BCUT2D eigenvalue weighted by atomic mass is 9.82. The summed E-state index contributed by atoms with van der Waals surface area (Å²) < 4.78 is 4.83. The van der Waals surface area contributed by atoms with Crippen molar-refractivity contribution in [3.63, 3.8) is 0 Å². The lowest BCUT2D eigenvalue weighted by molar-refractivity contribution is -0.0793. The molecule has 1 aromatic rings. The molecular weight excluding hydrogens is 258 g/mol. The zero-order valence-corrected chi connectivity index (χ0v) is 11.0. The number of hydrogen-bond acceptors (Lipinski definition) is 4. The van der Waals surface area contributed by atoms with Crippen LogP contribution in [0.4, 0.5) is 4.79 Å². The van der Waals surface area contributed by atoms with Crippen molar-refractivity contribution >= 4 is 11.9 Å². The van der Waals surface area contributed by atoms with Crippen molar-refractivity contribution in [2.45, 2.75) is 37.4 Å². The van der Waals surface area contributed by atoms with E-state index in [0.29, 0.717) is 12.8 Å². The maximum atomic E-state index is 10.5. The first-order valence-corrected chi connectivity index (χ1v) is 6.79. The van der Waals surface area contributed by atoms with Gasteiger partial charge in [-0.25, -0.2) is 4.79 Å². The summed E-state index contributed by atoms with van der Waals surface area (Å²) in [5.74, 6) is 0. The van der Waals surface area contributed by atoms with Gasteiger partial charge in [-0.05, 0) is 37.3 Å². The summed E-state index contributed by atoms with van der Waals surface area (Å²) in [4.78, 5) is 16.3. The van der Waals surface area contributed by atoms with Gasteiger partial charge in [-0.2, -0.15) is 0 Å². The third-order valence-corrected chi connectivity index (χ3v) is 3.90. The number of benzene rings is 1. The summed E-state index contributed by atoms with van der Waals surface area (Å²) in [5, 5.41) is 8.64. The highest BCUT2D eigenvalue weighted by atomic mass is 16.7. The van der Waals surface area contributed by atoms with Crippen LogP contribution in [0.1, 0.15) is 31.2 Å². The summed E-state index contributed by atoms with van der Waals surface area (Å²) >= 11 is 0. The number of hydroxylamine groups is 1. The molecule has 2 N–H and O–H groups in total. The topological polar surface area (TPSA) is 67.8 Å². The number of rotatable bonds is 2. The van der Waals surface area contributed by atoms with Crippen LogP contribution < -0.4 is 5.48 Å². The van der Waals surface area contributed by atoms with E-state index in [1.165, 1.54) is 0 Å². The van der Waals surface area contributed by atoms with Crippen LogP contribution in [0.5, 0.6) is 0 Å². The molecule has 0 bridgehead atoms. The summed E-state index contributed by atoms with van der Waals surface area (Å²) in [6.07, 6.45) is 3.59. The van der Waals surface area contributed by atoms with Crippen molar-refractivity contribution in [3.8, 4) is 0 Å². The summed E-state index contributed by atoms with van der Waals surface area (Å²) in [6.45, 7) is 0. The third-order valence-electron chi connectivity index (χ3n) is 3.90. The highest BCUT2D eigenvalue weighted by molar-refractivity contribution is 5.65. The fourth-order valence-corrected chi connectivity index (χ4v) is 2.83. The second kappa shape index (κ2) is 5.17. The van der Waals surface area contributed by atoms with E-state index in [0.717, 1.165) is 24.1 Å². The molecule has 0 saturated heterocycles. The van der Waals surface area contributed by atoms with Gasteiger partial charge in [-0.1, -0.05) is 30.3 Å². The molecule has 1 aromatic carbocycles. The number of nitrogens with one attached hydrogen (secondary N) is 1. The minimum absolute atomic E-state index is 0.212. The van der Waals surface area contributed by atoms with Gasteiger partial charge in [-0.3, -0.25) is 10.3 Å². The Bertz CT molecular complexity index is 518. The van der Waals surface area contributed by atoms with Crippen LogP contribution in [0.2, 0.25) is 0 Å². The zero-order chi connectivity index (χ0) is 14.0. The number of carboxylic acid groups (broad SMARTS) is 1. The minimum atomic E-state index is -1.20. The molecular formula is C15H17NO4. The monoisotopic (exact) mass is 275 g/mol. The third kappa shape index (κ3) is 2.63. The van der Waals surface area contributed by atoms with Crippen LogP contribution in [-0.2, 0) is 9.57 Å². The Balaban J connectivity index is 1.68.